The molecular formula is C28H30FN3O3. The van der Waals surface area contributed by atoms with E-state index >= 15 is 0 Å². The van der Waals surface area contributed by atoms with Crippen LogP contribution >= 0.6 is 0 Å². The Hall–Kier alpha value is -3.71. The Morgan fingerprint density at radius 3 is 2.51 bits per heavy atom. The fourth-order valence-corrected chi connectivity index (χ4v) is 4.35. The van der Waals surface area contributed by atoms with Crippen LogP contribution in [0.25, 0.3) is 11.1 Å². The normalized spacial score (nSPS) is 14.3. The Balaban J connectivity index is 1.26. The Labute approximate surface area is 205 Å². The first kappa shape index (κ1) is 24.4. The van der Waals surface area contributed by atoms with Crippen molar-refractivity contribution in [1.29, 1.82) is 0 Å². The summed E-state index contributed by atoms with van der Waals surface area (Å²) in [5.74, 6) is -0.450. The van der Waals surface area contributed by atoms with Crippen LogP contribution in [0.3, 0.4) is 0 Å². The summed E-state index contributed by atoms with van der Waals surface area (Å²) in [6.07, 6.45) is 1.76. The molecule has 1 aliphatic rings. The number of amides is 2. The van der Waals surface area contributed by atoms with Gasteiger partial charge in [-0.3, -0.25) is 14.5 Å². The van der Waals surface area contributed by atoms with Gasteiger partial charge in [0.25, 0.3) is 5.91 Å². The molecule has 2 amide bonds. The van der Waals surface area contributed by atoms with Crippen LogP contribution in [0.2, 0.25) is 0 Å². The third-order valence-electron chi connectivity index (χ3n) is 6.21. The number of likely N-dealkylation sites (tertiary alicyclic amines) is 1. The molecule has 3 aromatic carbocycles. The lowest BCUT2D eigenvalue weighted by Gasteiger charge is -2.32. The minimum absolute atomic E-state index is 0.101. The number of benzene rings is 3. The van der Waals surface area contributed by atoms with Crippen molar-refractivity contribution in [2.45, 2.75) is 25.4 Å². The SMILES string of the molecule is COc1ccc(F)cc1-c1cccc(C(=O)NCC(=O)NC2CCN(Cc3ccccc3)CC2)c1. The summed E-state index contributed by atoms with van der Waals surface area (Å²) in [5, 5.41) is 5.71. The molecule has 0 atom stereocenters. The van der Waals surface area contributed by atoms with Crippen LogP contribution in [-0.2, 0) is 11.3 Å². The van der Waals surface area contributed by atoms with E-state index in [1.165, 1.54) is 24.8 Å². The lowest BCUT2D eigenvalue weighted by molar-refractivity contribution is -0.121. The van der Waals surface area contributed by atoms with Crippen LogP contribution in [0.4, 0.5) is 4.39 Å². The van der Waals surface area contributed by atoms with E-state index in [9.17, 15) is 14.0 Å². The van der Waals surface area contributed by atoms with Crippen molar-refractivity contribution in [2.24, 2.45) is 0 Å². The van der Waals surface area contributed by atoms with Gasteiger partial charge in [0.05, 0.1) is 13.7 Å². The van der Waals surface area contributed by atoms with Gasteiger partial charge >= 0.3 is 0 Å². The fourth-order valence-electron chi connectivity index (χ4n) is 4.35. The summed E-state index contributed by atoms with van der Waals surface area (Å²) < 4.78 is 19.1. The summed E-state index contributed by atoms with van der Waals surface area (Å²) in [4.78, 5) is 27.5. The maximum atomic E-state index is 13.8. The molecule has 0 aromatic heterocycles. The standard InChI is InChI=1S/C28H30FN3O3/c1-35-26-11-10-23(29)17-25(26)21-8-5-9-22(16-21)28(34)30-18-27(33)31-24-12-14-32(15-13-24)19-20-6-3-2-4-7-20/h2-11,16-17,24H,12-15,18-19H2,1H3,(H,30,34)(H,31,33). The highest BCUT2D eigenvalue weighted by Crippen LogP contribution is 2.31. The molecule has 0 spiro atoms. The van der Waals surface area contributed by atoms with E-state index < -0.39 is 5.82 Å². The molecule has 6 nitrogen and oxygen atoms in total. The zero-order chi connectivity index (χ0) is 24.6. The van der Waals surface area contributed by atoms with Crippen molar-refractivity contribution in [3.05, 3.63) is 89.7 Å². The van der Waals surface area contributed by atoms with E-state index in [4.69, 9.17) is 4.74 Å². The molecule has 7 heteroatoms. The molecule has 1 heterocycles. The Morgan fingerprint density at radius 2 is 1.77 bits per heavy atom. The van der Waals surface area contributed by atoms with Gasteiger partial charge in [-0.2, -0.15) is 0 Å². The average Bonchev–Trinajstić information content (AvgIpc) is 2.89. The third-order valence-corrected chi connectivity index (χ3v) is 6.21. The van der Waals surface area contributed by atoms with E-state index in [1.807, 2.05) is 18.2 Å². The first-order chi connectivity index (χ1) is 17.0. The molecule has 2 N–H and O–H groups in total. The Morgan fingerprint density at radius 1 is 1.00 bits per heavy atom. The Kier molecular flexibility index (Phi) is 8.11. The predicted molar refractivity (Wildman–Crippen MR) is 134 cm³/mol. The molecule has 1 fully saturated rings. The molecule has 0 unspecified atom stereocenters. The summed E-state index contributed by atoms with van der Waals surface area (Å²) in [5.41, 5.74) is 2.88. The zero-order valence-electron chi connectivity index (χ0n) is 19.8. The van der Waals surface area contributed by atoms with Crippen LogP contribution in [0.15, 0.2) is 72.8 Å². The first-order valence-electron chi connectivity index (χ1n) is 11.8. The van der Waals surface area contributed by atoms with Gasteiger partial charge in [0.2, 0.25) is 5.91 Å². The number of ether oxygens (including phenoxy) is 1. The second kappa shape index (κ2) is 11.6. The third kappa shape index (κ3) is 6.67. The minimum Gasteiger partial charge on any atom is -0.496 e. The molecule has 35 heavy (non-hydrogen) atoms. The number of hydrogen-bond acceptors (Lipinski definition) is 4. The van der Waals surface area contributed by atoms with Crippen LogP contribution in [-0.4, -0.2) is 49.5 Å². The monoisotopic (exact) mass is 475 g/mol. The van der Waals surface area contributed by atoms with Gasteiger partial charge in [-0.15, -0.1) is 0 Å². The van der Waals surface area contributed by atoms with Crippen molar-refractivity contribution >= 4 is 11.8 Å². The molecule has 0 saturated carbocycles. The largest absolute Gasteiger partial charge is 0.496 e. The number of carbonyl (C=O) groups is 2. The van der Waals surface area contributed by atoms with Gasteiger partial charge in [0.15, 0.2) is 0 Å². The molecule has 182 valence electrons. The second-order valence-electron chi connectivity index (χ2n) is 8.71. The zero-order valence-corrected chi connectivity index (χ0v) is 19.8. The summed E-state index contributed by atoms with van der Waals surface area (Å²) in [6.45, 7) is 2.65. The van der Waals surface area contributed by atoms with Gasteiger partial charge in [-0.1, -0.05) is 42.5 Å². The lowest BCUT2D eigenvalue weighted by Crippen LogP contribution is -2.47. The average molecular weight is 476 g/mol. The Bertz CT molecular complexity index is 1160. The van der Waals surface area contributed by atoms with E-state index in [1.54, 1.807) is 30.3 Å². The molecule has 0 bridgehead atoms. The maximum absolute atomic E-state index is 13.8. The molecule has 4 rings (SSSR count). The van der Waals surface area contributed by atoms with E-state index in [0.29, 0.717) is 22.4 Å². The first-order valence-corrected chi connectivity index (χ1v) is 11.8. The van der Waals surface area contributed by atoms with Gasteiger partial charge in [-0.25, -0.2) is 4.39 Å². The van der Waals surface area contributed by atoms with Crippen LogP contribution in [0.5, 0.6) is 5.75 Å². The van der Waals surface area contributed by atoms with Crippen LogP contribution in [0, 0.1) is 5.82 Å². The smallest absolute Gasteiger partial charge is 0.251 e. The molecule has 0 radical (unpaired) electrons. The number of rotatable bonds is 8. The molecule has 0 aliphatic carbocycles. The van der Waals surface area contributed by atoms with Gasteiger partial charge in [-0.05, 0) is 54.3 Å². The number of carbonyl (C=O) groups excluding carboxylic acids is 2. The van der Waals surface area contributed by atoms with Gasteiger partial charge < -0.3 is 15.4 Å². The van der Waals surface area contributed by atoms with Gasteiger partial charge in [0.1, 0.15) is 11.6 Å². The van der Waals surface area contributed by atoms with Crippen molar-refractivity contribution in [2.75, 3.05) is 26.7 Å². The number of nitrogens with one attached hydrogen (secondary N) is 2. The molecule has 1 saturated heterocycles. The van der Waals surface area contributed by atoms with Crippen molar-refractivity contribution < 1.29 is 18.7 Å². The number of piperidine rings is 1. The summed E-state index contributed by atoms with van der Waals surface area (Å²) in [6, 6.07) is 21.5. The number of methoxy groups -OCH3 is 1. The molecular weight excluding hydrogens is 445 g/mol. The molecule has 1 aliphatic heterocycles. The highest BCUT2D eigenvalue weighted by atomic mass is 19.1. The maximum Gasteiger partial charge on any atom is 0.251 e. The van der Waals surface area contributed by atoms with Crippen molar-refractivity contribution in [1.82, 2.24) is 15.5 Å². The van der Waals surface area contributed by atoms with E-state index in [2.05, 4.69) is 27.7 Å². The topological polar surface area (TPSA) is 70.7 Å². The summed E-state index contributed by atoms with van der Waals surface area (Å²) in [7, 11) is 1.51. The molecule has 3 aromatic rings. The van der Waals surface area contributed by atoms with E-state index in [-0.39, 0.29) is 24.4 Å². The van der Waals surface area contributed by atoms with Crippen molar-refractivity contribution in [3.63, 3.8) is 0 Å². The second-order valence-corrected chi connectivity index (χ2v) is 8.71. The van der Waals surface area contributed by atoms with Crippen LogP contribution < -0.4 is 15.4 Å². The number of nitrogens with zero attached hydrogens (tertiary/aromatic N) is 1. The van der Waals surface area contributed by atoms with Gasteiger partial charge in [0, 0.05) is 36.8 Å². The van der Waals surface area contributed by atoms with Crippen LogP contribution in [0.1, 0.15) is 28.8 Å². The minimum atomic E-state index is -0.391. The lowest BCUT2D eigenvalue weighted by atomic mass is 10.0. The highest BCUT2D eigenvalue weighted by molar-refractivity contribution is 5.97. The predicted octanol–water partition coefficient (Wildman–Crippen LogP) is 4.01. The quantitative estimate of drug-likeness (QED) is 0.517. The number of hydrogen-bond donors (Lipinski definition) is 2. The number of halogens is 1. The van der Waals surface area contributed by atoms with E-state index in [0.717, 1.165) is 32.5 Å². The summed E-state index contributed by atoms with van der Waals surface area (Å²) >= 11 is 0. The van der Waals surface area contributed by atoms with Crippen molar-refractivity contribution in [3.8, 4) is 16.9 Å². The highest BCUT2D eigenvalue weighted by Gasteiger charge is 2.21. The fraction of sp³-hybridized carbons (Fsp3) is 0.286.